The molecule has 0 bridgehead atoms. The van der Waals surface area contributed by atoms with Crippen molar-refractivity contribution in [2.75, 3.05) is 0 Å². The smallest absolute Gasteiger partial charge is 0.289 e. The van der Waals surface area contributed by atoms with E-state index in [1.807, 2.05) is 60.7 Å². The lowest BCUT2D eigenvalue weighted by Gasteiger charge is -2.31. The number of ketones is 2. The van der Waals surface area contributed by atoms with E-state index in [4.69, 9.17) is 40.0 Å². The summed E-state index contributed by atoms with van der Waals surface area (Å²) in [6.07, 6.45) is 2.36. The number of para-hydroxylation sites is 2. The monoisotopic (exact) mass is 463 g/mol. The quantitative estimate of drug-likeness (QED) is 0.332. The number of rotatable bonds is 3. The van der Waals surface area contributed by atoms with Gasteiger partial charge in [0.2, 0.25) is 5.78 Å². The van der Waals surface area contributed by atoms with Crippen LogP contribution in [0.1, 0.15) is 0 Å². The number of carbonyl (C=O) groups is 2. The van der Waals surface area contributed by atoms with Gasteiger partial charge in [0.1, 0.15) is 4.71 Å². The number of benzene rings is 2. The van der Waals surface area contributed by atoms with E-state index in [0.29, 0.717) is 16.5 Å². The zero-order valence-electron chi connectivity index (χ0n) is 14.8. The first-order valence-electron chi connectivity index (χ1n) is 8.68. The first-order chi connectivity index (χ1) is 13.9. The number of aliphatic imine (C=N–C) groups is 1. The third-order valence-electron chi connectivity index (χ3n) is 4.61. The summed E-state index contributed by atoms with van der Waals surface area (Å²) in [6, 6.07) is 17.8. The molecule has 0 saturated carbocycles. The number of hydrogen-bond donors (Lipinski definition) is 0. The first kappa shape index (κ1) is 20.4. The van der Waals surface area contributed by atoms with Crippen LogP contribution in [-0.2, 0) is 9.59 Å². The molecule has 1 fully saturated rings. The van der Waals surface area contributed by atoms with Gasteiger partial charge in [0.15, 0.2) is 29.3 Å². The summed E-state index contributed by atoms with van der Waals surface area (Å²) in [7, 11) is 0. The molecular weight excluding hydrogens is 451 g/mol. The Balaban J connectivity index is 1.90. The van der Waals surface area contributed by atoms with E-state index in [-0.39, 0.29) is 20.4 Å². The number of amidine groups is 1. The number of allylic oxidation sites excluding steroid dienone is 3. The number of Topliss-reactive ketones (excluding diaryl/α,β-unsaturated/α-hetero) is 1. The molecule has 2 aromatic carbocycles. The molecular formula is C21H14Cl3N2O2S+. The average Bonchev–Trinajstić information content (AvgIpc) is 2.97. The molecule has 4 nitrogen and oxygen atoms in total. The van der Waals surface area contributed by atoms with E-state index in [1.165, 1.54) is 17.8 Å². The maximum absolute atomic E-state index is 12.8. The molecule has 29 heavy (non-hydrogen) atoms. The van der Waals surface area contributed by atoms with Crippen molar-refractivity contribution in [3.63, 3.8) is 0 Å². The number of thioether (sulfide) groups is 1. The zero-order chi connectivity index (χ0) is 20.6. The van der Waals surface area contributed by atoms with Crippen LogP contribution < -0.4 is 4.00 Å². The molecule has 0 radical (unpaired) electrons. The Kier molecular flexibility index (Phi) is 5.69. The van der Waals surface area contributed by atoms with Crippen LogP contribution >= 0.6 is 46.7 Å². The molecule has 3 atom stereocenters. The molecule has 1 heterocycles. The van der Waals surface area contributed by atoms with Gasteiger partial charge in [-0.05, 0) is 30.0 Å². The maximum atomic E-state index is 12.8. The van der Waals surface area contributed by atoms with E-state index in [0.717, 1.165) is 6.08 Å². The minimum absolute atomic E-state index is 0.147. The lowest BCUT2D eigenvalue weighted by Crippen LogP contribution is -2.51. The predicted molar refractivity (Wildman–Crippen MR) is 121 cm³/mol. The summed E-state index contributed by atoms with van der Waals surface area (Å²) < 4.78 is -0.996. The highest BCUT2D eigenvalue weighted by atomic mass is 35.5. The molecule has 0 amide bonds. The SMILES string of the molecule is O=C1C=C(Cl)C(=O)C(C2C(Cl)SC(=Nc3ccccc3)[N+]2(Cl)c2ccccc2)=C1. The van der Waals surface area contributed by atoms with Crippen molar-refractivity contribution < 1.29 is 9.59 Å². The van der Waals surface area contributed by atoms with Crippen molar-refractivity contribution in [2.45, 2.75) is 10.8 Å². The number of alkyl halides is 1. The van der Waals surface area contributed by atoms with Crippen LogP contribution in [0.4, 0.5) is 11.4 Å². The minimum atomic E-state index is -0.757. The van der Waals surface area contributed by atoms with Crippen LogP contribution in [0.5, 0.6) is 0 Å². The Bertz CT molecular complexity index is 1070. The second-order valence-electron chi connectivity index (χ2n) is 6.44. The van der Waals surface area contributed by atoms with E-state index in [9.17, 15) is 9.59 Å². The van der Waals surface area contributed by atoms with Crippen LogP contribution in [0.3, 0.4) is 0 Å². The second-order valence-corrected chi connectivity index (χ2v) is 9.22. The van der Waals surface area contributed by atoms with Crippen molar-refractivity contribution in [2.24, 2.45) is 4.99 Å². The van der Waals surface area contributed by atoms with Crippen molar-refractivity contribution in [3.8, 4) is 0 Å². The van der Waals surface area contributed by atoms with E-state index >= 15 is 0 Å². The van der Waals surface area contributed by atoms with E-state index in [2.05, 4.69) is 0 Å². The van der Waals surface area contributed by atoms with Gasteiger partial charge in [-0.3, -0.25) is 9.59 Å². The molecule has 1 aliphatic carbocycles. The standard InChI is InChI=1S/C21H14Cl3N2O2S/c22-17-12-15(27)11-16(19(17)28)18-20(23)29-21(25-13-7-3-1-4-8-13)26(18,24)14-9-5-2-6-10-14/h1-12,18,20H/q+1. The zero-order valence-corrected chi connectivity index (χ0v) is 17.9. The highest BCUT2D eigenvalue weighted by molar-refractivity contribution is 8.16. The van der Waals surface area contributed by atoms with Crippen molar-refractivity contribution >= 4 is 74.8 Å². The normalized spacial score (nSPS) is 28.4. The molecule has 2 aliphatic rings. The van der Waals surface area contributed by atoms with Gasteiger partial charge in [0, 0.05) is 18.2 Å². The molecule has 0 N–H and O–H groups in total. The molecule has 146 valence electrons. The molecule has 0 aromatic heterocycles. The molecule has 4 rings (SSSR count). The summed E-state index contributed by atoms with van der Waals surface area (Å²) in [4.78, 5) is 29.6. The molecule has 8 heteroatoms. The van der Waals surface area contributed by atoms with Crippen LogP contribution in [-0.4, -0.2) is 27.5 Å². The van der Waals surface area contributed by atoms with Gasteiger partial charge in [-0.15, -0.1) is 15.6 Å². The Morgan fingerprint density at radius 2 is 1.55 bits per heavy atom. The number of nitrogens with zero attached hydrogens (tertiary/aromatic N) is 2. The number of halogens is 3. The summed E-state index contributed by atoms with van der Waals surface area (Å²) >= 11 is 21.1. The van der Waals surface area contributed by atoms with Gasteiger partial charge in [0.25, 0.3) is 5.17 Å². The fourth-order valence-corrected chi connectivity index (χ4v) is 5.85. The largest absolute Gasteiger partial charge is 0.290 e. The van der Waals surface area contributed by atoms with Gasteiger partial charge in [-0.2, -0.15) is 4.99 Å². The minimum Gasteiger partial charge on any atom is -0.290 e. The topological polar surface area (TPSA) is 46.5 Å². The van der Waals surface area contributed by atoms with Gasteiger partial charge in [-0.25, -0.2) is 0 Å². The first-order valence-corrected chi connectivity index (χ1v) is 10.7. The average molecular weight is 465 g/mol. The Morgan fingerprint density at radius 1 is 0.931 bits per heavy atom. The maximum Gasteiger partial charge on any atom is 0.289 e. The third-order valence-corrected chi connectivity index (χ3v) is 7.13. The van der Waals surface area contributed by atoms with Crippen LogP contribution in [0.2, 0.25) is 0 Å². The molecule has 3 unspecified atom stereocenters. The number of carbonyl (C=O) groups excluding carboxylic acids is 2. The van der Waals surface area contributed by atoms with Gasteiger partial charge in [0.05, 0.1) is 16.3 Å². The van der Waals surface area contributed by atoms with Gasteiger partial charge >= 0.3 is 0 Å². The molecule has 1 saturated heterocycles. The second kappa shape index (κ2) is 8.09. The van der Waals surface area contributed by atoms with Gasteiger partial charge < -0.3 is 0 Å². The highest BCUT2D eigenvalue weighted by Crippen LogP contribution is 2.50. The van der Waals surface area contributed by atoms with Crippen LogP contribution in [0, 0.1) is 0 Å². The summed E-state index contributed by atoms with van der Waals surface area (Å²) in [5.41, 5.74) is 1.56. The van der Waals surface area contributed by atoms with Gasteiger partial charge in [-0.1, -0.05) is 48.0 Å². The number of quaternary nitrogens is 1. The Morgan fingerprint density at radius 3 is 2.21 bits per heavy atom. The number of hydrogen-bond acceptors (Lipinski definition) is 4. The fraction of sp³-hybridized carbons (Fsp3) is 0.0952. The highest BCUT2D eigenvalue weighted by Gasteiger charge is 2.59. The molecule has 1 aliphatic heterocycles. The Labute approximate surface area is 187 Å². The van der Waals surface area contributed by atoms with Crippen molar-refractivity contribution in [1.82, 2.24) is 4.00 Å². The summed E-state index contributed by atoms with van der Waals surface area (Å²) in [5.74, 6) is -0.828. The van der Waals surface area contributed by atoms with Crippen molar-refractivity contribution in [3.05, 3.63) is 83.4 Å². The lowest BCUT2D eigenvalue weighted by molar-refractivity contribution is -0.115. The van der Waals surface area contributed by atoms with Crippen LogP contribution in [0.15, 0.2) is 88.4 Å². The Hall–Kier alpha value is -1.89. The van der Waals surface area contributed by atoms with E-state index in [1.54, 1.807) is 0 Å². The summed E-state index contributed by atoms with van der Waals surface area (Å²) in [6.45, 7) is 0. The predicted octanol–water partition coefficient (Wildman–Crippen LogP) is 5.72. The van der Waals surface area contributed by atoms with E-state index < -0.39 is 16.5 Å². The van der Waals surface area contributed by atoms with Crippen molar-refractivity contribution in [1.29, 1.82) is 0 Å². The van der Waals surface area contributed by atoms with Crippen LogP contribution in [0.25, 0.3) is 0 Å². The molecule has 2 aromatic rings. The lowest BCUT2D eigenvalue weighted by atomic mass is 9.96. The summed E-state index contributed by atoms with van der Waals surface area (Å²) in [5, 5.41) is 0.354. The molecule has 0 spiro atoms. The fourth-order valence-electron chi connectivity index (χ4n) is 3.29. The third kappa shape index (κ3) is 3.69.